The van der Waals surface area contributed by atoms with E-state index in [1.807, 2.05) is 91.9 Å². The summed E-state index contributed by atoms with van der Waals surface area (Å²) in [4.78, 5) is 12.6. The lowest BCUT2D eigenvalue weighted by molar-refractivity contribution is -0.117. The van der Waals surface area contributed by atoms with Gasteiger partial charge >= 0.3 is 8.32 Å². The molecule has 4 heteroatoms. The van der Waals surface area contributed by atoms with Crippen LogP contribution >= 0.6 is 0 Å². The van der Waals surface area contributed by atoms with Crippen molar-refractivity contribution in [3.8, 4) is 0 Å². The van der Waals surface area contributed by atoms with E-state index in [0.29, 0.717) is 12.1 Å². The molecule has 0 aliphatic carbocycles. The Labute approximate surface area is 196 Å². The van der Waals surface area contributed by atoms with Crippen LogP contribution in [0.4, 0.5) is 0 Å². The van der Waals surface area contributed by atoms with E-state index in [2.05, 4.69) is 41.6 Å². The molecule has 4 rings (SSSR count). The summed E-state index contributed by atoms with van der Waals surface area (Å²) in [6.45, 7) is 1.86. The first-order valence-electron chi connectivity index (χ1n) is 11.1. The zero-order valence-electron chi connectivity index (χ0n) is 18.7. The highest BCUT2D eigenvalue weighted by Gasteiger charge is 2.44. The van der Waals surface area contributed by atoms with Crippen LogP contribution in [0, 0.1) is 0 Å². The van der Waals surface area contributed by atoms with Gasteiger partial charge in [0.2, 0.25) is 0 Å². The van der Waals surface area contributed by atoms with Crippen LogP contribution in [0.3, 0.4) is 0 Å². The van der Waals surface area contributed by atoms with Crippen LogP contribution in [-0.4, -0.2) is 19.8 Å². The summed E-state index contributed by atoms with van der Waals surface area (Å²) in [6, 6.07) is 40.7. The van der Waals surface area contributed by atoms with Crippen molar-refractivity contribution in [3.05, 3.63) is 127 Å². The first kappa shape index (κ1) is 22.4. The van der Waals surface area contributed by atoms with Crippen molar-refractivity contribution in [2.45, 2.75) is 19.8 Å². The van der Waals surface area contributed by atoms with Crippen molar-refractivity contribution in [1.29, 1.82) is 0 Å². The number of benzene rings is 4. The third kappa shape index (κ3) is 5.36. The summed E-state index contributed by atoms with van der Waals surface area (Å²) >= 11 is 0. The molecule has 0 radical (unpaired) electrons. The van der Waals surface area contributed by atoms with Gasteiger partial charge in [-0.2, -0.15) is 0 Å². The molecule has 0 aromatic heterocycles. The van der Waals surface area contributed by atoms with Crippen molar-refractivity contribution >= 4 is 35.4 Å². The van der Waals surface area contributed by atoms with Crippen molar-refractivity contribution < 1.29 is 9.32 Å². The van der Waals surface area contributed by atoms with Crippen molar-refractivity contribution in [2.24, 2.45) is 5.16 Å². The van der Waals surface area contributed by atoms with Crippen LogP contribution < -0.4 is 15.6 Å². The van der Waals surface area contributed by atoms with Gasteiger partial charge in [0.1, 0.15) is 5.78 Å². The minimum Gasteiger partial charge on any atom is -0.438 e. The van der Waals surface area contributed by atoms with Crippen LogP contribution in [0.5, 0.6) is 0 Å². The topological polar surface area (TPSA) is 38.7 Å². The average Bonchev–Trinajstić information content (AvgIpc) is 2.87. The fourth-order valence-corrected chi connectivity index (χ4v) is 7.62. The third-order valence-electron chi connectivity index (χ3n) is 5.58. The molecular formula is C29H27NO2Si. The van der Waals surface area contributed by atoms with Gasteiger partial charge in [0, 0.05) is 12.8 Å². The van der Waals surface area contributed by atoms with E-state index in [-0.39, 0.29) is 12.2 Å². The summed E-state index contributed by atoms with van der Waals surface area (Å²) in [5.41, 5.74) is 1.69. The van der Waals surface area contributed by atoms with Gasteiger partial charge < -0.3 is 4.53 Å². The van der Waals surface area contributed by atoms with Crippen LogP contribution in [0.1, 0.15) is 18.9 Å². The zero-order valence-corrected chi connectivity index (χ0v) is 19.7. The minimum absolute atomic E-state index is 0.123. The predicted molar refractivity (Wildman–Crippen MR) is 138 cm³/mol. The van der Waals surface area contributed by atoms with E-state index in [1.54, 1.807) is 0 Å². The number of rotatable bonds is 9. The molecule has 0 amide bonds. The fourth-order valence-electron chi connectivity index (χ4n) is 4.03. The number of hydrogen-bond acceptors (Lipinski definition) is 3. The van der Waals surface area contributed by atoms with E-state index in [9.17, 15) is 4.79 Å². The fraction of sp³-hybridized carbons (Fsp3) is 0.103. The second kappa shape index (κ2) is 10.7. The quantitative estimate of drug-likeness (QED) is 0.166. The summed E-state index contributed by atoms with van der Waals surface area (Å²) < 4.78 is 6.58. The molecular weight excluding hydrogens is 422 g/mol. The summed E-state index contributed by atoms with van der Waals surface area (Å²) in [5.74, 6) is 0.123. The molecule has 0 fully saturated rings. The molecule has 0 unspecified atom stereocenters. The monoisotopic (exact) mass is 449 g/mol. The van der Waals surface area contributed by atoms with Crippen LogP contribution in [0.15, 0.2) is 126 Å². The predicted octanol–water partition coefficient (Wildman–Crippen LogP) is 4.25. The molecule has 0 saturated heterocycles. The number of hydrogen-bond donors (Lipinski definition) is 0. The number of carbonyl (C=O) groups is 1. The Bertz CT molecular complexity index is 1100. The molecule has 0 saturated carbocycles. The molecule has 0 bridgehead atoms. The Morgan fingerprint density at radius 2 is 1.06 bits per heavy atom. The van der Waals surface area contributed by atoms with E-state index < -0.39 is 8.32 Å². The first-order valence-corrected chi connectivity index (χ1v) is 13.0. The molecule has 0 heterocycles. The highest BCUT2D eigenvalue weighted by molar-refractivity contribution is 7.07. The average molecular weight is 450 g/mol. The van der Waals surface area contributed by atoms with Gasteiger partial charge in [-0.15, -0.1) is 5.16 Å². The lowest BCUT2D eigenvalue weighted by atomic mass is 10.1. The van der Waals surface area contributed by atoms with E-state index >= 15 is 0 Å². The SMILES string of the molecule is CC(CC(=O)Cc1ccccc1)=NO[Si](c1ccccc1)(c1ccccc1)c1ccccc1. The van der Waals surface area contributed by atoms with Gasteiger partial charge in [-0.25, -0.2) is 0 Å². The molecule has 164 valence electrons. The maximum absolute atomic E-state index is 12.6. The number of nitrogens with zero attached hydrogens (tertiary/aromatic N) is 1. The van der Waals surface area contributed by atoms with Crippen molar-refractivity contribution in [2.75, 3.05) is 0 Å². The van der Waals surface area contributed by atoms with E-state index in [0.717, 1.165) is 21.1 Å². The lowest BCUT2D eigenvalue weighted by Gasteiger charge is -2.30. The summed E-state index contributed by atoms with van der Waals surface area (Å²) in [7, 11) is -2.91. The van der Waals surface area contributed by atoms with Crippen molar-refractivity contribution in [1.82, 2.24) is 0 Å². The molecule has 4 aromatic carbocycles. The van der Waals surface area contributed by atoms with E-state index in [4.69, 9.17) is 4.53 Å². The molecule has 3 nitrogen and oxygen atoms in total. The van der Waals surface area contributed by atoms with Gasteiger partial charge in [0.05, 0.1) is 5.71 Å². The molecule has 33 heavy (non-hydrogen) atoms. The van der Waals surface area contributed by atoms with Gasteiger partial charge in [-0.05, 0) is 28.0 Å². The maximum atomic E-state index is 12.6. The molecule has 0 spiro atoms. The van der Waals surface area contributed by atoms with Gasteiger partial charge in [-0.3, -0.25) is 4.79 Å². The number of carbonyl (C=O) groups excluding carboxylic acids is 1. The van der Waals surface area contributed by atoms with Crippen LogP contribution in [0.25, 0.3) is 0 Å². The number of oxime groups is 1. The minimum atomic E-state index is -2.91. The van der Waals surface area contributed by atoms with Crippen LogP contribution in [-0.2, 0) is 15.7 Å². The Hall–Kier alpha value is -3.76. The second-order valence-corrected chi connectivity index (χ2v) is 11.4. The zero-order chi connectivity index (χ0) is 22.9. The molecule has 0 aliphatic rings. The largest absolute Gasteiger partial charge is 0.438 e. The highest BCUT2D eigenvalue weighted by Crippen LogP contribution is 2.11. The molecule has 0 N–H and O–H groups in total. The maximum Gasteiger partial charge on any atom is 0.380 e. The Balaban J connectivity index is 1.69. The number of Topliss-reactive ketones (excluding diaryl/α,β-unsaturated/α-hetero) is 1. The summed E-state index contributed by atoms with van der Waals surface area (Å²) in [5, 5.41) is 7.88. The van der Waals surface area contributed by atoms with Gasteiger partial charge in [0.25, 0.3) is 0 Å². The molecule has 0 atom stereocenters. The van der Waals surface area contributed by atoms with Crippen molar-refractivity contribution in [3.63, 3.8) is 0 Å². The lowest BCUT2D eigenvalue weighted by Crippen LogP contribution is -2.68. The first-order chi connectivity index (χ1) is 16.2. The normalized spacial score (nSPS) is 11.7. The summed E-state index contributed by atoms with van der Waals surface area (Å²) in [6.07, 6.45) is 0.657. The second-order valence-electron chi connectivity index (χ2n) is 8.07. The van der Waals surface area contributed by atoms with Gasteiger partial charge in [-0.1, -0.05) is 121 Å². The van der Waals surface area contributed by atoms with E-state index in [1.165, 1.54) is 0 Å². The highest BCUT2D eigenvalue weighted by atomic mass is 28.4. The third-order valence-corrected chi connectivity index (χ3v) is 9.38. The molecule has 0 aliphatic heterocycles. The standard InChI is InChI=1S/C29H27NO2Si/c1-24(22-26(31)23-25-14-6-2-7-15-25)30-32-33(27-16-8-3-9-17-27,28-18-10-4-11-19-28)29-20-12-5-13-21-29/h2-21H,22-23H2,1H3. The Morgan fingerprint density at radius 1 is 0.667 bits per heavy atom. The Morgan fingerprint density at radius 3 is 1.48 bits per heavy atom. The van der Waals surface area contributed by atoms with Crippen LogP contribution in [0.2, 0.25) is 0 Å². The van der Waals surface area contributed by atoms with Gasteiger partial charge in [0.15, 0.2) is 0 Å². The Kier molecular flexibility index (Phi) is 7.28. The molecule has 4 aromatic rings. The number of ketones is 1. The smallest absolute Gasteiger partial charge is 0.380 e.